The number of amides is 1. The van der Waals surface area contributed by atoms with Crippen LogP contribution in [0.3, 0.4) is 0 Å². The van der Waals surface area contributed by atoms with Crippen LogP contribution in [0.25, 0.3) is 0 Å². The van der Waals surface area contributed by atoms with Gasteiger partial charge in [0.1, 0.15) is 12.7 Å². The average Bonchev–Trinajstić information content (AvgIpc) is 2.42. The van der Waals surface area contributed by atoms with Crippen molar-refractivity contribution in [2.24, 2.45) is 0 Å². The fourth-order valence-corrected chi connectivity index (χ4v) is 1.42. The Morgan fingerprint density at radius 2 is 2.36 bits per heavy atom. The summed E-state index contributed by atoms with van der Waals surface area (Å²) in [4.78, 5) is 11.9. The van der Waals surface area contributed by atoms with Gasteiger partial charge in [0.25, 0.3) is 5.92 Å². The lowest BCUT2D eigenvalue weighted by Crippen LogP contribution is -2.34. The molecule has 1 saturated heterocycles. The van der Waals surface area contributed by atoms with Gasteiger partial charge in [-0.3, -0.25) is 4.79 Å². The van der Waals surface area contributed by atoms with Gasteiger partial charge in [-0.2, -0.15) is 0 Å². The molecule has 0 spiro atoms. The van der Waals surface area contributed by atoms with Crippen molar-refractivity contribution in [1.82, 2.24) is 4.90 Å². The predicted octanol–water partition coefficient (Wildman–Crippen LogP) is -0.139. The molecule has 0 aromatic heterocycles. The van der Waals surface area contributed by atoms with Crippen molar-refractivity contribution >= 4 is 5.91 Å². The molecule has 1 aliphatic heterocycles. The second-order valence-corrected chi connectivity index (χ2v) is 3.14. The van der Waals surface area contributed by atoms with E-state index in [1.54, 1.807) is 6.92 Å². The summed E-state index contributed by atoms with van der Waals surface area (Å²) in [6, 6.07) is 0. The first-order valence-electron chi connectivity index (χ1n) is 4.39. The average molecular weight is 209 g/mol. The van der Waals surface area contributed by atoms with Gasteiger partial charge in [-0.25, -0.2) is 8.78 Å². The molecule has 1 heterocycles. The molecule has 6 heteroatoms. The zero-order valence-corrected chi connectivity index (χ0v) is 7.87. The second kappa shape index (κ2) is 4.18. The third-order valence-electron chi connectivity index (χ3n) is 2.11. The highest BCUT2D eigenvalue weighted by molar-refractivity contribution is 5.77. The lowest BCUT2D eigenvalue weighted by atomic mass is 10.2. The Morgan fingerprint density at radius 3 is 2.86 bits per heavy atom. The van der Waals surface area contributed by atoms with Crippen LogP contribution < -0.4 is 0 Å². The van der Waals surface area contributed by atoms with Crippen LogP contribution in [0.5, 0.6) is 0 Å². The molecule has 82 valence electrons. The Morgan fingerprint density at radius 1 is 1.71 bits per heavy atom. The summed E-state index contributed by atoms with van der Waals surface area (Å²) in [5, 5.41) is 8.50. The summed E-state index contributed by atoms with van der Waals surface area (Å²) in [5.74, 6) is -3.70. The molecule has 0 unspecified atom stereocenters. The van der Waals surface area contributed by atoms with Crippen molar-refractivity contribution in [2.75, 3.05) is 26.3 Å². The number of carbonyl (C=O) groups excluding carboxylic acids is 1. The van der Waals surface area contributed by atoms with Gasteiger partial charge in [0.15, 0.2) is 0 Å². The number of carbonyl (C=O) groups is 1. The molecule has 4 nitrogen and oxygen atoms in total. The van der Waals surface area contributed by atoms with Crippen LogP contribution >= 0.6 is 0 Å². The van der Waals surface area contributed by atoms with Crippen LogP contribution in [-0.4, -0.2) is 54.2 Å². The van der Waals surface area contributed by atoms with Gasteiger partial charge in [-0.05, 0) is 6.92 Å². The number of ether oxygens (including phenoxy) is 1. The summed E-state index contributed by atoms with van der Waals surface area (Å²) < 4.78 is 31.1. The molecular weight excluding hydrogens is 196 g/mol. The van der Waals surface area contributed by atoms with E-state index in [1.165, 1.54) is 0 Å². The van der Waals surface area contributed by atoms with E-state index >= 15 is 0 Å². The SMILES string of the molecule is CCO[C@H]1CN(C(=O)CO)CC1(F)F. The van der Waals surface area contributed by atoms with E-state index in [4.69, 9.17) is 9.84 Å². The number of rotatable bonds is 3. The maximum Gasteiger partial charge on any atom is 0.292 e. The second-order valence-electron chi connectivity index (χ2n) is 3.14. The highest BCUT2D eigenvalue weighted by Crippen LogP contribution is 2.29. The molecule has 1 atom stereocenters. The molecule has 0 bridgehead atoms. The van der Waals surface area contributed by atoms with Gasteiger partial charge >= 0.3 is 0 Å². The zero-order valence-electron chi connectivity index (χ0n) is 7.87. The normalized spacial score (nSPS) is 25.4. The monoisotopic (exact) mass is 209 g/mol. The first-order chi connectivity index (χ1) is 6.51. The molecule has 0 saturated carbocycles. The van der Waals surface area contributed by atoms with Gasteiger partial charge in [-0.1, -0.05) is 0 Å². The molecule has 1 amide bonds. The molecule has 1 fully saturated rings. The van der Waals surface area contributed by atoms with Crippen LogP contribution in [0, 0.1) is 0 Å². The maximum absolute atomic E-state index is 13.1. The Balaban J connectivity index is 2.61. The summed E-state index contributed by atoms with van der Waals surface area (Å²) in [7, 11) is 0. The third-order valence-corrected chi connectivity index (χ3v) is 2.11. The van der Waals surface area contributed by atoms with Gasteiger partial charge < -0.3 is 14.7 Å². The number of alkyl halides is 2. The van der Waals surface area contributed by atoms with Gasteiger partial charge in [0.05, 0.1) is 13.1 Å². The number of likely N-dealkylation sites (tertiary alicyclic amines) is 1. The quantitative estimate of drug-likeness (QED) is 0.704. The summed E-state index contributed by atoms with van der Waals surface area (Å²) in [5.41, 5.74) is 0. The van der Waals surface area contributed by atoms with Gasteiger partial charge in [0, 0.05) is 6.61 Å². The van der Waals surface area contributed by atoms with Crippen molar-refractivity contribution in [3.63, 3.8) is 0 Å². The number of aliphatic hydroxyl groups excluding tert-OH is 1. The minimum atomic E-state index is -3.01. The van der Waals surface area contributed by atoms with Gasteiger partial charge in [-0.15, -0.1) is 0 Å². The topological polar surface area (TPSA) is 49.8 Å². The van der Waals surface area contributed by atoms with E-state index < -0.39 is 31.1 Å². The Labute approximate surface area is 80.4 Å². The minimum Gasteiger partial charge on any atom is -0.387 e. The van der Waals surface area contributed by atoms with E-state index in [-0.39, 0.29) is 13.2 Å². The van der Waals surface area contributed by atoms with Crippen molar-refractivity contribution < 1.29 is 23.4 Å². The molecule has 0 aliphatic carbocycles. The molecule has 1 rings (SSSR count). The fraction of sp³-hybridized carbons (Fsp3) is 0.875. The number of halogens is 2. The number of hydrogen-bond donors (Lipinski definition) is 1. The largest absolute Gasteiger partial charge is 0.387 e. The van der Waals surface area contributed by atoms with E-state index in [0.29, 0.717) is 0 Å². The molecular formula is C8H13F2NO3. The van der Waals surface area contributed by atoms with Gasteiger partial charge in [0.2, 0.25) is 5.91 Å². The molecule has 0 aromatic rings. The minimum absolute atomic E-state index is 0.153. The van der Waals surface area contributed by atoms with E-state index in [1.807, 2.05) is 0 Å². The molecule has 1 N–H and O–H groups in total. The van der Waals surface area contributed by atoms with E-state index in [0.717, 1.165) is 4.90 Å². The lowest BCUT2D eigenvalue weighted by Gasteiger charge is -2.16. The third kappa shape index (κ3) is 2.19. The highest BCUT2D eigenvalue weighted by Gasteiger charge is 2.50. The van der Waals surface area contributed by atoms with Crippen molar-refractivity contribution in [1.29, 1.82) is 0 Å². The van der Waals surface area contributed by atoms with E-state index in [9.17, 15) is 13.6 Å². The first kappa shape index (κ1) is 11.3. The number of nitrogens with zero attached hydrogens (tertiary/aromatic N) is 1. The highest BCUT2D eigenvalue weighted by atomic mass is 19.3. The molecule has 14 heavy (non-hydrogen) atoms. The Bertz CT molecular complexity index is 223. The Hall–Kier alpha value is -0.750. The van der Waals surface area contributed by atoms with Crippen LogP contribution in [0.4, 0.5) is 8.78 Å². The fourth-order valence-electron chi connectivity index (χ4n) is 1.42. The standard InChI is InChI=1S/C8H13F2NO3/c1-2-14-6-3-11(7(13)4-12)5-8(6,9)10/h6,12H,2-5H2,1H3/t6-/m0/s1. The van der Waals surface area contributed by atoms with Crippen LogP contribution in [0.2, 0.25) is 0 Å². The Kier molecular flexibility index (Phi) is 3.38. The van der Waals surface area contributed by atoms with Crippen molar-refractivity contribution in [2.45, 2.75) is 19.0 Å². The first-order valence-corrected chi connectivity index (χ1v) is 4.39. The zero-order chi connectivity index (χ0) is 10.8. The predicted molar refractivity (Wildman–Crippen MR) is 44.0 cm³/mol. The number of hydrogen-bond acceptors (Lipinski definition) is 3. The van der Waals surface area contributed by atoms with Crippen LogP contribution in [0.15, 0.2) is 0 Å². The lowest BCUT2D eigenvalue weighted by molar-refractivity contribution is -0.134. The smallest absolute Gasteiger partial charge is 0.292 e. The van der Waals surface area contributed by atoms with Crippen molar-refractivity contribution in [3.05, 3.63) is 0 Å². The van der Waals surface area contributed by atoms with Crippen LogP contribution in [0.1, 0.15) is 6.92 Å². The maximum atomic E-state index is 13.1. The summed E-state index contributed by atoms with van der Waals surface area (Å²) >= 11 is 0. The van der Waals surface area contributed by atoms with Crippen molar-refractivity contribution in [3.8, 4) is 0 Å². The summed E-state index contributed by atoms with van der Waals surface area (Å²) in [6.07, 6.45) is -1.25. The number of aliphatic hydroxyl groups is 1. The van der Waals surface area contributed by atoms with E-state index in [2.05, 4.69) is 0 Å². The molecule has 0 radical (unpaired) electrons. The van der Waals surface area contributed by atoms with Crippen LogP contribution in [-0.2, 0) is 9.53 Å². The molecule has 0 aromatic carbocycles. The summed E-state index contributed by atoms with van der Waals surface area (Å²) in [6.45, 7) is 0.236. The molecule has 1 aliphatic rings.